The summed E-state index contributed by atoms with van der Waals surface area (Å²) >= 11 is 0. The quantitative estimate of drug-likeness (QED) is 0.779. The molecule has 1 aromatic carbocycles. The van der Waals surface area contributed by atoms with Crippen LogP contribution in [0.4, 0.5) is 4.79 Å². The highest BCUT2D eigenvalue weighted by atomic mass is 16.7. The van der Waals surface area contributed by atoms with Crippen LogP contribution in [0.5, 0.6) is 0 Å². The normalized spacial score (nSPS) is 23.0. The van der Waals surface area contributed by atoms with Crippen molar-refractivity contribution >= 4 is 23.9 Å². The van der Waals surface area contributed by atoms with Crippen LogP contribution in [0.2, 0.25) is 0 Å². The number of rotatable bonds is 3. The Balaban J connectivity index is 1.86. The Labute approximate surface area is 169 Å². The van der Waals surface area contributed by atoms with E-state index in [9.17, 15) is 19.2 Å². The van der Waals surface area contributed by atoms with Gasteiger partial charge in [0.25, 0.3) is 11.8 Å². The summed E-state index contributed by atoms with van der Waals surface area (Å²) in [5, 5.41) is 3.15. The fraction of sp³-hybridized carbons (Fsp3) is 0.524. The van der Waals surface area contributed by atoms with Gasteiger partial charge in [0.2, 0.25) is 0 Å². The molecule has 8 heteroatoms. The van der Waals surface area contributed by atoms with E-state index in [1.165, 1.54) is 12.1 Å². The molecule has 1 aliphatic heterocycles. The average molecular weight is 402 g/mol. The molecule has 0 aromatic heterocycles. The van der Waals surface area contributed by atoms with E-state index in [1.807, 2.05) is 13.8 Å². The minimum absolute atomic E-state index is 0.171. The minimum atomic E-state index is -1.43. The predicted molar refractivity (Wildman–Crippen MR) is 103 cm³/mol. The van der Waals surface area contributed by atoms with Crippen molar-refractivity contribution in [2.45, 2.75) is 65.0 Å². The molecule has 1 heterocycles. The van der Waals surface area contributed by atoms with Crippen molar-refractivity contribution in [1.82, 2.24) is 10.4 Å². The number of ether oxygens (including phenoxy) is 1. The van der Waals surface area contributed by atoms with E-state index in [0.29, 0.717) is 24.3 Å². The lowest BCUT2D eigenvalue weighted by atomic mass is 9.75. The van der Waals surface area contributed by atoms with Gasteiger partial charge in [0.05, 0.1) is 11.1 Å². The van der Waals surface area contributed by atoms with E-state index < -0.39 is 40.4 Å². The standard InChI is InChI=1S/C21H26N2O6/c1-19(2,3)28-18(27)22-21(12-8-11-20(21,4)5)17(26)29-23-15(24)13-9-6-7-10-14(13)16(23)25/h6-7,9-10H,8,11-12H2,1-5H3,(H,22,27). The predicted octanol–water partition coefficient (Wildman–Crippen LogP) is 3.21. The van der Waals surface area contributed by atoms with Crippen LogP contribution in [0, 0.1) is 5.41 Å². The third kappa shape index (κ3) is 3.59. The SMILES string of the molecule is CC(C)(C)OC(=O)NC1(C(=O)ON2C(=O)c3ccccc3C2=O)CCCC1(C)C. The van der Waals surface area contributed by atoms with E-state index in [2.05, 4.69) is 5.32 Å². The molecular weight excluding hydrogens is 376 g/mol. The van der Waals surface area contributed by atoms with Crippen molar-refractivity contribution in [3.05, 3.63) is 35.4 Å². The van der Waals surface area contributed by atoms with E-state index in [0.717, 1.165) is 0 Å². The van der Waals surface area contributed by atoms with Crippen LogP contribution in [0.25, 0.3) is 0 Å². The number of fused-ring (bicyclic) bond motifs is 1. The molecule has 1 N–H and O–H groups in total. The second-order valence-corrected chi connectivity index (χ2v) is 9.10. The lowest BCUT2D eigenvalue weighted by Gasteiger charge is -2.40. The van der Waals surface area contributed by atoms with Gasteiger partial charge in [0.15, 0.2) is 0 Å². The van der Waals surface area contributed by atoms with Gasteiger partial charge in [-0.15, -0.1) is 0 Å². The molecule has 0 saturated heterocycles. The molecule has 0 spiro atoms. The third-order valence-corrected chi connectivity index (χ3v) is 5.50. The van der Waals surface area contributed by atoms with Gasteiger partial charge in [-0.25, -0.2) is 9.59 Å². The molecule has 8 nitrogen and oxygen atoms in total. The molecule has 1 aromatic rings. The smallest absolute Gasteiger partial charge is 0.408 e. The summed E-state index contributed by atoms with van der Waals surface area (Å²) in [6.07, 6.45) is 0.869. The first-order valence-electron chi connectivity index (χ1n) is 9.59. The number of alkyl carbamates (subject to hydrolysis) is 1. The zero-order valence-corrected chi connectivity index (χ0v) is 17.3. The van der Waals surface area contributed by atoms with Crippen molar-refractivity contribution in [3.8, 4) is 0 Å². The number of imide groups is 1. The number of amides is 3. The Morgan fingerprint density at radius 3 is 2.03 bits per heavy atom. The number of carbonyl (C=O) groups excluding carboxylic acids is 4. The van der Waals surface area contributed by atoms with Gasteiger partial charge in [-0.2, -0.15) is 0 Å². The summed E-state index contributed by atoms with van der Waals surface area (Å²) < 4.78 is 5.33. The molecule has 1 saturated carbocycles. The van der Waals surface area contributed by atoms with Crippen molar-refractivity contribution < 1.29 is 28.8 Å². The lowest BCUT2D eigenvalue weighted by Crippen LogP contribution is -2.62. The lowest BCUT2D eigenvalue weighted by molar-refractivity contribution is -0.181. The van der Waals surface area contributed by atoms with Gasteiger partial charge >= 0.3 is 12.1 Å². The summed E-state index contributed by atoms with van der Waals surface area (Å²) in [4.78, 5) is 56.1. The first-order valence-corrected chi connectivity index (χ1v) is 9.59. The van der Waals surface area contributed by atoms with Crippen molar-refractivity contribution in [2.75, 3.05) is 0 Å². The fourth-order valence-electron chi connectivity index (χ4n) is 3.90. The number of benzene rings is 1. The summed E-state index contributed by atoms with van der Waals surface area (Å²) in [7, 11) is 0. The molecule has 1 aliphatic carbocycles. The van der Waals surface area contributed by atoms with E-state index in [1.54, 1.807) is 32.9 Å². The zero-order valence-electron chi connectivity index (χ0n) is 17.3. The van der Waals surface area contributed by atoms with Crippen LogP contribution in [-0.4, -0.2) is 40.1 Å². The highest BCUT2D eigenvalue weighted by Crippen LogP contribution is 2.47. The summed E-state index contributed by atoms with van der Waals surface area (Å²) in [6.45, 7) is 8.82. The maximum atomic E-state index is 13.2. The van der Waals surface area contributed by atoms with Crippen LogP contribution >= 0.6 is 0 Å². The molecule has 29 heavy (non-hydrogen) atoms. The fourth-order valence-corrected chi connectivity index (χ4v) is 3.90. The van der Waals surface area contributed by atoms with Gasteiger partial charge in [-0.05, 0) is 57.6 Å². The molecule has 0 bridgehead atoms. The first kappa shape index (κ1) is 20.8. The number of nitrogens with zero attached hydrogens (tertiary/aromatic N) is 1. The van der Waals surface area contributed by atoms with Crippen LogP contribution in [-0.2, 0) is 14.4 Å². The largest absolute Gasteiger partial charge is 0.444 e. The second-order valence-electron chi connectivity index (χ2n) is 9.10. The highest BCUT2D eigenvalue weighted by Gasteiger charge is 2.58. The summed E-state index contributed by atoms with van der Waals surface area (Å²) in [5.41, 5.74) is -2.50. The molecule has 1 atom stereocenters. The molecule has 1 unspecified atom stereocenters. The molecule has 1 fully saturated rings. The third-order valence-electron chi connectivity index (χ3n) is 5.50. The van der Waals surface area contributed by atoms with E-state index >= 15 is 0 Å². The Morgan fingerprint density at radius 2 is 1.59 bits per heavy atom. The number of hydrogen-bond acceptors (Lipinski definition) is 6. The molecular formula is C21H26N2O6. The number of carbonyl (C=O) groups is 4. The second kappa shape index (κ2) is 6.86. The molecule has 156 valence electrons. The Hall–Kier alpha value is -2.90. The van der Waals surface area contributed by atoms with Crippen LogP contribution in [0.3, 0.4) is 0 Å². The summed E-state index contributed by atoms with van der Waals surface area (Å²) in [6, 6.07) is 6.25. The van der Waals surface area contributed by atoms with Gasteiger partial charge in [-0.1, -0.05) is 31.0 Å². The van der Waals surface area contributed by atoms with Gasteiger partial charge in [0.1, 0.15) is 11.1 Å². The van der Waals surface area contributed by atoms with E-state index in [-0.39, 0.29) is 11.1 Å². The van der Waals surface area contributed by atoms with Crippen LogP contribution in [0.15, 0.2) is 24.3 Å². The number of hydroxylamine groups is 2. The van der Waals surface area contributed by atoms with Crippen molar-refractivity contribution in [3.63, 3.8) is 0 Å². The van der Waals surface area contributed by atoms with Crippen LogP contribution < -0.4 is 5.32 Å². The highest BCUT2D eigenvalue weighted by molar-refractivity contribution is 6.21. The van der Waals surface area contributed by atoms with E-state index in [4.69, 9.17) is 9.57 Å². The van der Waals surface area contributed by atoms with Gasteiger partial charge in [0, 0.05) is 0 Å². The van der Waals surface area contributed by atoms with Crippen LogP contribution in [0.1, 0.15) is 74.6 Å². The maximum absolute atomic E-state index is 13.2. The average Bonchev–Trinajstić information content (AvgIpc) is 3.03. The number of nitrogens with one attached hydrogen (secondary N) is 1. The molecule has 0 radical (unpaired) electrons. The topological polar surface area (TPSA) is 102 Å². The van der Waals surface area contributed by atoms with Gasteiger partial charge in [-0.3, -0.25) is 9.59 Å². The molecule has 3 rings (SSSR count). The van der Waals surface area contributed by atoms with Crippen molar-refractivity contribution in [2.24, 2.45) is 5.41 Å². The Kier molecular flexibility index (Phi) is 4.93. The minimum Gasteiger partial charge on any atom is -0.444 e. The Morgan fingerprint density at radius 1 is 1.03 bits per heavy atom. The first-order chi connectivity index (χ1) is 13.4. The van der Waals surface area contributed by atoms with Gasteiger partial charge < -0.3 is 14.9 Å². The maximum Gasteiger partial charge on any atom is 0.408 e. The Bertz CT molecular complexity index is 850. The zero-order chi connectivity index (χ0) is 21.6. The molecule has 3 amide bonds. The number of hydrogen-bond donors (Lipinski definition) is 1. The summed E-state index contributed by atoms with van der Waals surface area (Å²) in [5.74, 6) is -2.27. The van der Waals surface area contributed by atoms with Crippen molar-refractivity contribution in [1.29, 1.82) is 0 Å². The monoisotopic (exact) mass is 402 g/mol. The molecule has 2 aliphatic rings.